The Balaban J connectivity index is 1.32. The number of piperazine rings is 1. The Labute approximate surface area is 185 Å². The molecule has 4 rings (SSSR count). The lowest BCUT2D eigenvalue weighted by atomic mass is 10.2. The molecule has 0 spiro atoms. The highest BCUT2D eigenvalue weighted by Gasteiger charge is 2.29. The molecule has 0 radical (unpaired) electrons. The minimum absolute atomic E-state index is 0.157. The first kappa shape index (κ1) is 21.3. The van der Waals surface area contributed by atoms with Crippen molar-refractivity contribution in [3.8, 4) is 11.5 Å². The van der Waals surface area contributed by atoms with E-state index in [4.69, 9.17) is 27.6 Å². The third-order valence-electron chi connectivity index (χ3n) is 4.99. The molecule has 10 heteroatoms. The summed E-state index contributed by atoms with van der Waals surface area (Å²) in [5, 5.41) is 8.77. The van der Waals surface area contributed by atoms with Gasteiger partial charge in [-0.15, -0.1) is 10.2 Å². The Hall–Kier alpha value is -1.97. The molecule has 0 N–H and O–H groups in total. The van der Waals surface area contributed by atoms with E-state index >= 15 is 0 Å². The van der Waals surface area contributed by atoms with E-state index in [0.29, 0.717) is 49.4 Å². The molecule has 30 heavy (non-hydrogen) atoms. The van der Waals surface area contributed by atoms with E-state index < -0.39 is 10.0 Å². The van der Waals surface area contributed by atoms with Crippen molar-refractivity contribution in [3.05, 3.63) is 64.5 Å². The number of sulfonamides is 1. The van der Waals surface area contributed by atoms with E-state index in [0.717, 1.165) is 12.1 Å². The topological polar surface area (TPSA) is 79.5 Å². The predicted octanol–water partition coefficient (Wildman–Crippen LogP) is 3.59. The monoisotopic (exact) mass is 466 g/mol. The molecule has 1 aliphatic rings. The average molecular weight is 467 g/mol. The maximum Gasteiger partial charge on any atom is 0.247 e. The molecule has 0 atom stereocenters. The molecule has 0 unspecified atom stereocenters. The summed E-state index contributed by atoms with van der Waals surface area (Å²) in [5.74, 6) is 1.07. The third kappa shape index (κ3) is 4.68. The quantitative estimate of drug-likeness (QED) is 0.552. The molecule has 7 nitrogen and oxygen atoms in total. The highest BCUT2D eigenvalue weighted by Crippen LogP contribution is 2.27. The Kier molecular flexibility index (Phi) is 6.40. The van der Waals surface area contributed by atoms with Gasteiger partial charge in [-0.05, 0) is 30.3 Å². The van der Waals surface area contributed by atoms with Gasteiger partial charge in [-0.3, -0.25) is 0 Å². The van der Waals surface area contributed by atoms with Crippen molar-refractivity contribution < 1.29 is 12.8 Å². The van der Waals surface area contributed by atoms with Crippen LogP contribution in [0.2, 0.25) is 10.0 Å². The van der Waals surface area contributed by atoms with Gasteiger partial charge in [-0.25, -0.2) is 8.42 Å². The maximum atomic E-state index is 12.8. The molecule has 0 aliphatic carbocycles. The maximum absolute atomic E-state index is 12.8. The zero-order valence-corrected chi connectivity index (χ0v) is 18.4. The van der Waals surface area contributed by atoms with Gasteiger partial charge in [0.15, 0.2) is 0 Å². The van der Waals surface area contributed by atoms with Gasteiger partial charge in [0.25, 0.3) is 0 Å². The summed E-state index contributed by atoms with van der Waals surface area (Å²) < 4.78 is 32.9. The fraction of sp³-hybridized carbons (Fsp3) is 0.300. The molecule has 0 bridgehead atoms. The normalized spacial score (nSPS) is 16.1. The SMILES string of the molecule is O=S(=O)(c1ccc(Cl)c(Cl)c1)N1CCN(CCc2nnc(-c3ccccc3)o2)CC1. The second-order valence-electron chi connectivity index (χ2n) is 6.94. The minimum atomic E-state index is -3.60. The summed E-state index contributed by atoms with van der Waals surface area (Å²) in [4.78, 5) is 2.34. The van der Waals surface area contributed by atoms with E-state index in [2.05, 4.69) is 15.1 Å². The number of halogens is 2. The van der Waals surface area contributed by atoms with E-state index in [1.54, 1.807) is 0 Å². The molecule has 1 aliphatic heterocycles. The van der Waals surface area contributed by atoms with Crippen molar-refractivity contribution >= 4 is 33.2 Å². The van der Waals surface area contributed by atoms with Crippen LogP contribution in [0.15, 0.2) is 57.8 Å². The molecule has 0 saturated carbocycles. The first-order chi connectivity index (χ1) is 14.4. The Morgan fingerprint density at radius 2 is 1.67 bits per heavy atom. The Bertz CT molecular complexity index is 1110. The van der Waals surface area contributed by atoms with Gasteiger partial charge in [-0.2, -0.15) is 4.31 Å². The lowest BCUT2D eigenvalue weighted by Gasteiger charge is -2.33. The molecule has 2 aromatic carbocycles. The minimum Gasteiger partial charge on any atom is -0.421 e. The van der Waals surface area contributed by atoms with Gasteiger partial charge in [-0.1, -0.05) is 41.4 Å². The molecule has 158 valence electrons. The number of hydrogen-bond acceptors (Lipinski definition) is 6. The summed E-state index contributed by atoms with van der Waals surface area (Å²) in [6.45, 7) is 2.78. The van der Waals surface area contributed by atoms with Gasteiger partial charge >= 0.3 is 0 Å². The highest BCUT2D eigenvalue weighted by atomic mass is 35.5. The van der Waals surface area contributed by atoms with Crippen molar-refractivity contribution in [3.63, 3.8) is 0 Å². The van der Waals surface area contributed by atoms with Gasteiger partial charge < -0.3 is 9.32 Å². The largest absolute Gasteiger partial charge is 0.421 e. The van der Waals surface area contributed by atoms with Gasteiger partial charge in [0.1, 0.15) is 0 Å². The number of rotatable bonds is 6. The second kappa shape index (κ2) is 9.03. The molecule has 1 fully saturated rings. The van der Waals surface area contributed by atoms with Gasteiger partial charge in [0.05, 0.1) is 14.9 Å². The van der Waals surface area contributed by atoms with Crippen molar-refractivity contribution in [2.75, 3.05) is 32.7 Å². The van der Waals surface area contributed by atoms with Crippen LogP contribution >= 0.6 is 23.2 Å². The van der Waals surface area contributed by atoms with Gasteiger partial charge in [0.2, 0.25) is 21.8 Å². The zero-order valence-electron chi connectivity index (χ0n) is 16.0. The smallest absolute Gasteiger partial charge is 0.247 e. The second-order valence-corrected chi connectivity index (χ2v) is 9.69. The third-order valence-corrected chi connectivity index (χ3v) is 7.62. The van der Waals surface area contributed by atoms with E-state index in [1.165, 1.54) is 22.5 Å². The molecular weight excluding hydrogens is 447 g/mol. The van der Waals surface area contributed by atoms with Crippen molar-refractivity contribution in [1.82, 2.24) is 19.4 Å². The molecule has 1 aromatic heterocycles. The van der Waals surface area contributed by atoms with E-state index in [-0.39, 0.29) is 9.92 Å². The van der Waals surface area contributed by atoms with E-state index in [1.807, 2.05) is 30.3 Å². The zero-order chi connectivity index (χ0) is 21.1. The predicted molar refractivity (Wildman–Crippen MR) is 115 cm³/mol. The number of benzene rings is 2. The molecule has 1 saturated heterocycles. The van der Waals surface area contributed by atoms with Crippen LogP contribution in [0.25, 0.3) is 11.5 Å². The lowest BCUT2D eigenvalue weighted by Crippen LogP contribution is -2.49. The number of aromatic nitrogens is 2. The summed E-state index contributed by atoms with van der Waals surface area (Å²) in [6.07, 6.45) is 0.610. The van der Waals surface area contributed by atoms with Crippen LogP contribution in [0.3, 0.4) is 0 Å². The summed E-state index contributed by atoms with van der Waals surface area (Å²) in [6, 6.07) is 14.0. The number of hydrogen-bond donors (Lipinski definition) is 0. The van der Waals surface area contributed by atoms with Crippen molar-refractivity contribution in [2.24, 2.45) is 0 Å². The number of nitrogens with zero attached hydrogens (tertiary/aromatic N) is 4. The Morgan fingerprint density at radius 1 is 0.933 bits per heavy atom. The van der Waals surface area contributed by atoms with Crippen LogP contribution in [0.1, 0.15) is 5.89 Å². The standard InChI is InChI=1S/C20H20Cl2N4O3S/c21-17-7-6-16(14-18(17)22)30(27,28)26-12-10-25(11-13-26)9-8-19-23-24-20(29-19)15-4-2-1-3-5-15/h1-7,14H,8-13H2. The summed E-state index contributed by atoms with van der Waals surface area (Å²) in [5.41, 5.74) is 0.886. The van der Waals surface area contributed by atoms with Crippen LogP contribution in [-0.4, -0.2) is 60.5 Å². The van der Waals surface area contributed by atoms with Crippen molar-refractivity contribution in [2.45, 2.75) is 11.3 Å². The van der Waals surface area contributed by atoms with Crippen LogP contribution in [0, 0.1) is 0 Å². The average Bonchev–Trinajstić information content (AvgIpc) is 3.24. The van der Waals surface area contributed by atoms with Crippen molar-refractivity contribution in [1.29, 1.82) is 0 Å². The molecular formula is C20H20Cl2N4O3S. The molecule has 3 aromatic rings. The first-order valence-corrected chi connectivity index (χ1v) is 11.7. The summed E-state index contributed by atoms with van der Waals surface area (Å²) >= 11 is 11.9. The first-order valence-electron chi connectivity index (χ1n) is 9.49. The van der Waals surface area contributed by atoms with Crippen LogP contribution in [-0.2, 0) is 16.4 Å². The lowest BCUT2D eigenvalue weighted by molar-refractivity contribution is 0.187. The highest BCUT2D eigenvalue weighted by molar-refractivity contribution is 7.89. The summed E-state index contributed by atoms with van der Waals surface area (Å²) in [7, 11) is -3.60. The fourth-order valence-electron chi connectivity index (χ4n) is 3.29. The molecule has 2 heterocycles. The van der Waals surface area contributed by atoms with Crippen LogP contribution < -0.4 is 0 Å². The molecule has 0 amide bonds. The van der Waals surface area contributed by atoms with Gasteiger partial charge in [0, 0.05) is 44.7 Å². The van der Waals surface area contributed by atoms with Crippen LogP contribution in [0.4, 0.5) is 0 Å². The van der Waals surface area contributed by atoms with E-state index in [9.17, 15) is 8.42 Å². The van der Waals surface area contributed by atoms with Crippen LogP contribution in [0.5, 0.6) is 0 Å². The fourth-order valence-corrected chi connectivity index (χ4v) is 5.10. The Morgan fingerprint density at radius 3 is 2.37 bits per heavy atom.